The quantitative estimate of drug-likeness (QED) is 0.466. The number of hydrogen-bond donors (Lipinski definition) is 1. The van der Waals surface area contributed by atoms with E-state index in [2.05, 4.69) is 15.5 Å². The highest BCUT2D eigenvalue weighted by molar-refractivity contribution is 8.01. The molecule has 0 bridgehead atoms. The molecule has 0 saturated heterocycles. The van der Waals surface area contributed by atoms with Crippen LogP contribution in [-0.4, -0.2) is 46.5 Å². The van der Waals surface area contributed by atoms with Gasteiger partial charge in [0.1, 0.15) is 19.0 Å². The number of carbonyl (C=O) groups excluding carboxylic acids is 1. The maximum Gasteiger partial charge on any atom is 0.233 e. The Bertz CT molecular complexity index is 1060. The second-order valence-corrected chi connectivity index (χ2v) is 9.23. The molecule has 2 heterocycles. The van der Waals surface area contributed by atoms with Crippen molar-refractivity contribution < 1.29 is 18.7 Å². The Morgan fingerprint density at radius 2 is 1.88 bits per heavy atom. The van der Waals surface area contributed by atoms with Crippen LogP contribution in [0.4, 0.5) is 9.52 Å². The summed E-state index contributed by atoms with van der Waals surface area (Å²) in [6, 6.07) is 12.1. The topological polar surface area (TPSA) is 76.6 Å². The van der Waals surface area contributed by atoms with Crippen LogP contribution >= 0.6 is 23.1 Å². The van der Waals surface area contributed by atoms with Crippen LogP contribution in [-0.2, 0) is 17.9 Å². The van der Waals surface area contributed by atoms with E-state index in [4.69, 9.17) is 9.47 Å². The average Bonchev–Trinajstić information content (AvgIpc) is 3.28. The van der Waals surface area contributed by atoms with Crippen LogP contribution in [0.1, 0.15) is 18.1 Å². The lowest BCUT2D eigenvalue weighted by molar-refractivity contribution is -0.128. The number of halogens is 1. The molecule has 7 nitrogen and oxygen atoms in total. The summed E-state index contributed by atoms with van der Waals surface area (Å²) in [5.74, 6) is 1.52. The lowest BCUT2D eigenvalue weighted by Crippen LogP contribution is -2.31. The molecular weight excluding hydrogens is 451 g/mol. The van der Waals surface area contributed by atoms with Crippen molar-refractivity contribution >= 4 is 34.1 Å². The number of fused-ring (bicyclic) bond motifs is 1. The Balaban J connectivity index is 1.27. The first-order valence-electron chi connectivity index (χ1n) is 10.2. The molecule has 1 amide bonds. The molecule has 32 heavy (non-hydrogen) atoms. The third kappa shape index (κ3) is 5.89. The van der Waals surface area contributed by atoms with E-state index < -0.39 is 0 Å². The minimum Gasteiger partial charge on any atom is -0.486 e. The molecule has 168 valence electrons. The fraction of sp³-hybridized carbons (Fsp3) is 0.318. The number of anilines is 1. The Morgan fingerprint density at radius 1 is 1.12 bits per heavy atom. The van der Waals surface area contributed by atoms with Gasteiger partial charge in [-0.25, -0.2) is 4.39 Å². The van der Waals surface area contributed by atoms with Gasteiger partial charge in [0.15, 0.2) is 15.8 Å². The summed E-state index contributed by atoms with van der Waals surface area (Å²) in [7, 11) is 0. The highest BCUT2D eigenvalue weighted by Gasteiger charge is 2.17. The number of carbonyl (C=O) groups is 1. The van der Waals surface area contributed by atoms with E-state index in [9.17, 15) is 9.18 Å². The van der Waals surface area contributed by atoms with Crippen molar-refractivity contribution in [1.82, 2.24) is 15.1 Å². The minimum atomic E-state index is -0.261. The van der Waals surface area contributed by atoms with Crippen molar-refractivity contribution in [3.8, 4) is 11.5 Å². The minimum absolute atomic E-state index is 0.0309. The van der Waals surface area contributed by atoms with Gasteiger partial charge >= 0.3 is 0 Å². The molecule has 0 atom stereocenters. The summed E-state index contributed by atoms with van der Waals surface area (Å²) in [4.78, 5) is 14.5. The van der Waals surface area contributed by atoms with Crippen LogP contribution in [0.25, 0.3) is 0 Å². The average molecular weight is 475 g/mol. The van der Waals surface area contributed by atoms with Gasteiger partial charge in [0.2, 0.25) is 11.0 Å². The van der Waals surface area contributed by atoms with Crippen molar-refractivity contribution in [2.24, 2.45) is 0 Å². The van der Waals surface area contributed by atoms with Crippen LogP contribution in [0.3, 0.4) is 0 Å². The van der Waals surface area contributed by atoms with Gasteiger partial charge < -0.3 is 19.7 Å². The summed E-state index contributed by atoms with van der Waals surface area (Å²) in [5, 5.41) is 12.1. The summed E-state index contributed by atoms with van der Waals surface area (Å²) in [6.45, 7) is 4.69. The zero-order chi connectivity index (χ0) is 22.3. The third-order valence-electron chi connectivity index (χ3n) is 4.80. The summed E-state index contributed by atoms with van der Waals surface area (Å²) < 4.78 is 24.9. The van der Waals surface area contributed by atoms with E-state index in [1.54, 1.807) is 17.0 Å². The second kappa shape index (κ2) is 10.6. The van der Waals surface area contributed by atoms with Gasteiger partial charge in [-0.1, -0.05) is 41.3 Å². The Hall–Kier alpha value is -2.85. The molecule has 0 spiro atoms. The third-order valence-corrected chi connectivity index (χ3v) is 6.80. The molecule has 2 aromatic carbocycles. The van der Waals surface area contributed by atoms with Gasteiger partial charge in [-0.3, -0.25) is 4.79 Å². The van der Waals surface area contributed by atoms with Gasteiger partial charge in [0.05, 0.1) is 5.75 Å². The fourth-order valence-corrected chi connectivity index (χ4v) is 4.77. The van der Waals surface area contributed by atoms with Crippen LogP contribution in [0.5, 0.6) is 11.5 Å². The van der Waals surface area contributed by atoms with Gasteiger partial charge in [0, 0.05) is 19.6 Å². The molecule has 0 unspecified atom stereocenters. The van der Waals surface area contributed by atoms with Crippen LogP contribution in [0.15, 0.2) is 46.8 Å². The molecule has 1 aliphatic heterocycles. The van der Waals surface area contributed by atoms with Crippen molar-refractivity contribution in [3.63, 3.8) is 0 Å². The summed E-state index contributed by atoms with van der Waals surface area (Å²) >= 11 is 2.76. The molecule has 10 heteroatoms. The summed E-state index contributed by atoms with van der Waals surface area (Å²) in [6.07, 6.45) is 0. The Kier molecular flexibility index (Phi) is 7.43. The zero-order valence-corrected chi connectivity index (χ0v) is 19.2. The van der Waals surface area contributed by atoms with Crippen molar-refractivity contribution in [3.05, 3.63) is 59.4 Å². The largest absolute Gasteiger partial charge is 0.486 e. The first-order valence-corrected chi connectivity index (χ1v) is 12.0. The molecular formula is C22H23FN4O3S2. The predicted octanol–water partition coefficient (Wildman–Crippen LogP) is 4.20. The predicted molar refractivity (Wildman–Crippen MR) is 123 cm³/mol. The van der Waals surface area contributed by atoms with Crippen molar-refractivity contribution in [1.29, 1.82) is 0 Å². The molecule has 0 fully saturated rings. The molecule has 0 radical (unpaired) electrons. The van der Waals surface area contributed by atoms with E-state index >= 15 is 0 Å². The second-order valence-electron chi connectivity index (χ2n) is 7.03. The molecule has 0 aliphatic carbocycles. The highest BCUT2D eigenvalue weighted by atomic mass is 32.2. The molecule has 1 aromatic heterocycles. The van der Waals surface area contributed by atoms with Gasteiger partial charge in [0.25, 0.3) is 0 Å². The lowest BCUT2D eigenvalue weighted by atomic mass is 10.2. The number of nitrogens with one attached hydrogen (secondary N) is 1. The van der Waals surface area contributed by atoms with Crippen LogP contribution in [0.2, 0.25) is 0 Å². The van der Waals surface area contributed by atoms with Crippen molar-refractivity contribution in [2.75, 3.05) is 30.8 Å². The maximum absolute atomic E-state index is 13.0. The van der Waals surface area contributed by atoms with E-state index in [1.165, 1.54) is 35.2 Å². The van der Waals surface area contributed by atoms with Gasteiger partial charge in [-0.15, -0.1) is 10.2 Å². The SMILES string of the molecule is CCN(Cc1ccc2c(c1)OCCO2)C(=O)CSc1nnc(NCc2ccc(F)cc2)s1. The number of thioether (sulfide) groups is 1. The number of benzene rings is 2. The first-order chi connectivity index (χ1) is 15.6. The zero-order valence-electron chi connectivity index (χ0n) is 17.5. The normalized spacial score (nSPS) is 12.4. The van der Waals surface area contributed by atoms with E-state index in [0.717, 1.165) is 27.0 Å². The number of hydrogen-bond acceptors (Lipinski definition) is 8. The highest BCUT2D eigenvalue weighted by Crippen LogP contribution is 2.31. The number of rotatable bonds is 9. The lowest BCUT2D eigenvalue weighted by Gasteiger charge is -2.23. The smallest absolute Gasteiger partial charge is 0.233 e. The number of amides is 1. The van der Waals surface area contributed by atoms with E-state index in [1.807, 2.05) is 25.1 Å². The van der Waals surface area contributed by atoms with Crippen LogP contribution in [0, 0.1) is 5.82 Å². The molecule has 1 N–H and O–H groups in total. The maximum atomic E-state index is 13.0. The van der Waals surface area contributed by atoms with Gasteiger partial charge in [-0.2, -0.15) is 0 Å². The fourth-order valence-electron chi connectivity index (χ4n) is 3.12. The van der Waals surface area contributed by atoms with E-state index in [0.29, 0.717) is 38.0 Å². The number of ether oxygens (including phenoxy) is 2. The molecule has 4 rings (SSSR count). The number of aromatic nitrogens is 2. The molecule has 1 aliphatic rings. The van der Waals surface area contributed by atoms with Crippen LogP contribution < -0.4 is 14.8 Å². The van der Waals surface area contributed by atoms with E-state index in [-0.39, 0.29) is 17.5 Å². The summed E-state index contributed by atoms with van der Waals surface area (Å²) in [5.41, 5.74) is 1.95. The monoisotopic (exact) mass is 474 g/mol. The Labute approximate surface area is 193 Å². The Morgan fingerprint density at radius 3 is 2.66 bits per heavy atom. The molecule has 0 saturated carbocycles. The standard InChI is InChI=1S/C22H23FN4O3S2/c1-2-27(13-16-5-8-18-19(11-16)30-10-9-29-18)20(28)14-31-22-26-25-21(32-22)24-12-15-3-6-17(23)7-4-15/h3-8,11H,2,9-10,12-14H2,1H3,(H,24,25). The molecule has 3 aromatic rings. The van der Waals surface area contributed by atoms with Crippen molar-refractivity contribution in [2.45, 2.75) is 24.4 Å². The van der Waals surface area contributed by atoms with Gasteiger partial charge in [-0.05, 0) is 42.3 Å². The first kappa shape index (κ1) is 22.3. The number of nitrogens with zero attached hydrogens (tertiary/aromatic N) is 3.